The molecule has 2 aliphatic rings. The number of hydrogen-bond donors (Lipinski definition) is 0. The van der Waals surface area contributed by atoms with Crippen LogP contribution >= 0.6 is 0 Å². The SMILES string of the molecule is CC(C)(C)CCOCCOCCOCCCOCC1(C2CCCC2)C[N+](CCOCCOCCOCC(C)(C)C)=[N+]=N1. The molecule has 0 aromatic carbocycles. The van der Waals surface area contributed by atoms with Crippen LogP contribution in [0.1, 0.15) is 80.1 Å². The van der Waals surface area contributed by atoms with Crippen LogP contribution < -0.4 is 4.91 Å². The second kappa shape index (κ2) is 20.9. The van der Waals surface area contributed by atoms with Crippen molar-refractivity contribution in [1.29, 1.82) is 0 Å². The van der Waals surface area contributed by atoms with Crippen molar-refractivity contribution in [1.82, 2.24) is 4.91 Å². The molecule has 1 aliphatic heterocycles. The summed E-state index contributed by atoms with van der Waals surface area (Å²) in [6.07, 6.45) is 6.86. The fourth-order valence-electron chi connectivity index (χ4n) is 4.94. The van der Waals surface area contributed by atoms with Gasteiger partial charge in [-0.25, -0.2) is 0 Å². The monoisotopic (exact) mass is 601 g/mol. The second-order valence-corrected chi connectivity index (χ2v) is 14.1. The van der Waals surface area contributed by atoms with Crippen LogP contribution in [-0.4, -0.2) is 116 Å². The highest BCUT2D eigenvalue weighted by molar-refractivity contribution is 4.96. The normalized spacial score (nSPS) is 19.7. The summed E-state index contributed by atoms with van der Waals surface area (Å²) in [6.45, 7) is 23.6. The van der Waals surface area contributed by atoms with Gasteiger partial charge in [-0.05, 0) is 36.5 Å². The summed E-state index contributed by atoms with van der Waals surface area (Å²) in [6, 6.07) is 0. The van der Waals surface area contributed by atoms with Crippen molar-refractivity contribution in [2.24, 2.45) is 21.9 Å². The van der Waals surface area contributed by atoms with Gasteiger partial charge in [-0.2, -0.15) is 0 Å². The molecule has 1 heterocycles. The molecular weight excluding hydrogens is 538 g/mol. The number of rotatable bonds is 25. The Morgan fingerprint density at radius 1 is 0.643 bits per heavy atom. The molecule has 0 bridgehead atoms. The molecular formula is C32H63N3O7+2. The Kier molecular flexibility index (Phi) is 18.5. The zero-order chi connectivity index (χ0) is 30.6. The third kappa shape index (κ3) is 18.0. The molecule has 0 N–H and O–H groups in total. The lowest BCUT2D eigenvalue weighted by molar-refractivity contribution is -0.598. The van der Waals surface area contributed by atoms with Crippen LogP contribution in [-0.2, 0) is 33.2 Å². The van der Waals surface area contributed by atoms with Crippen LogP contribution in [0.15, 0.2) is 5.11 Å². The summed E-state index contributed by atoms with van der Waals surface area (Å²) in [4.78, 5) is 4.52. The van der Waals surface area contributed by atoms with E-state index in [0.717, 1.165) is 39.1 Å². The predicted molar refractivity (Wildman–Crippen MR) is 163 cm³/mol. The fraction of sp³-hybridized carbons (Fsp3) is 1.00. The van der Waals surface area contributed by atoms with E-state index in [1.54, 1.807) is 0 Å². The van der Waals surface area contributed by atoms with E-state index in [0.29, 0.717) is 90.6 Å². The first kappa shape index (κ1) is 37.2. The second-order valence-electron chi connectivity index (χ2n) is 14.1. The molecule has 0 spiro atoms. The lowest BCUT2D eigenvalue weighted by atomic mass is 9.84. The van der Waals surface area contributed by atoms with Crippen LogP contribution in [0.5, 0.6) is 0 Å². The maximum absolute atomic E-state index is 6.14. The number of hydrogen-bond acceptors (Lipinski definition) is 8. The first-order valence-corrected chi connectivity index (χ1v) is 16.3. The molecule has 0 amide bonds. The van der Waals surface area contributed by atoms with Crippen LogP contribution in [0.2, 0.25) is 0 Å². The van der Waals surface area contributed by atoms with Crippen molar-refractivity contribution in [3.63, 3.8) is 0 Å². The summed E-state index contributed by atoms with van der Waals surface area (Å²) in [7, 11) is 0. The average Bonchev–Trinajstić information content (AvgIpc) is 3.60. The van der Waals surface area contributed by atoms with E-state index in [-0.39, 0.29) is 11.0 Å². The predicted octanol–water partition coefficient (Wildman–Crippen LogP) is 4.90. The van der Waals surface area contributed by atoms with Gasteiger partial charge in [0.15, 0.2) is 6.54 Å². The Hall–Kier alpha value is -0.970. The zero-order valence-electron chi connectivity index (χ0n) is 27.8. The fourth-order valence-corrected chi connectivity index (χ4v) is 4.94. The zero-order valence-corrected chi connectivity index (χ0v) is 27.8. The molecule has 1 fully saturated rings. The van der Waals surface area contributed by atoms with E-state index < -0.39 is 0 Å². The highest BCUT2D eigenvalue weighted by Crippen LogP contribution is 2.38. The number of ether oxygens (including phenoxy) is 7. The van der Waals surface area contributed by atoms with Gasteiger partial charge in [0.1, 0.15) is 6.61 Å². The number of nitrogens with zero attached hydrogens (tertiary/aromatic N) is 3. The Labute approximate surface area is 255 Å². The third-order valence-corrected chi connectivity index (χ3v) is 7.38. The largest absolute Gasteiger partial charge is 0.393 e. The summed E-state index contributed by atoms with van der Waals surface area (Å²) in [5, 5.41) is 4.78. The topological polar surface area (TPSA) is 94.1 Å². The standard InChI is InChI=1S/C32H63N3O7/c1-30(2,3)12-16-37-19-22-39-21-18-36-14-9-15-41-28-32(29-10-7-8-11-29)26-35(34-33-32)13-17-38-20-23-40-24-25-42-27-31(4,5)6/h29H,7-28H2,1-6H3/q+2. The van der Waals surface area contributed by atoms with E-state index in [1.165, 1.54) is 25.7 Å². The van der Waals surface area contributed by atoms with Gasteiger partial charge in [-0.3, -0.25) is 0 Å². The van der Waals surface area contributed by atoms with Gasteiger partial charge in [-0.15, -0.1) is 0 Å². The lowest BCUT2D eigenvalue weighted by Gasteiger charge is -2.20. The maximum Gasteiger partial charge on any atom is 0.393 e. The van der Waals surface area contributed by atoms with Crippen LogP contribution in [0.4, 0.5) is 0 Å². The molecule has 246 valence electrons. The minimum atomic E-state index is -0.240. The summed E-state index contributed by atoms with van der Waals surface area (Å²) < 4.78 is 42.1. The molecule has 1 saturated carbocycles. The average molecular weight is 602 g/mol. The molecule has 1 aliphatic carbocycles. The summed E-state index contributed by atoms with van der Waals surface area (Å²) in [5.41, 5.74) is 0.256. The Bertz CT molecular complexity index is 756. The molecule has 1 unspecified atom stereocenters. The molecule has 10 heteroatoms. The molecule has 0 aromatic heterocycles. The first-order chi connectivity index (χ1) is 20.1. The maximum atomic E-state index is 6.14. The van der Waals surface area contributed by atoms with Crippen molar-refractivity contribution in [3.8, 4) is 0 Å². The highest BCUT2D eigenvalue weighted by Gasteiger charge is 2.58. The minimum Gasteiger partial charge on any atom is -0.379 e. The van der Waals surface area contributed by atoms with Gasteiger partial charge in [-0.1, -0.05) is 54.4 Å². The van der Waals surface area contributed by atoms with Crippen molar-refractivity contribution >= 4 is 0 Å². The van der Waals surface area contributed by atoms with E-state index >= 15 is 0 Å². The minimum absolute atomic E-state index is 0.185. The van der Waals surface area contributed by atoms with Crippen LogP contribution in [0.3, 0.4) is 0 Å². The van der Waals surface area contributed by atoms with Crippen molar-refractivity contribution in [2.45, 2.75) is 85.6 Å². The van der Waals surface area contributed by atoms with Gasteiger partial charge in [0.2, 0.25) is 6.54 Å². The van der Waals surface area contributed by atoms with Gasteiger partial charge in [0.05, 0.1) is 70.8 Å². The van der Waals surface area contributed by atoms with Crippen LogP contribution in [0, 0.1) is 16.7 Å². The molecule has 42 heavy (non-hydrogen) atoms. The smallest absolute Gasteiger partial charge is 0.379 e. The lowest BCUT2D eigenvalue weighted by Crippen LogP contribution is -2.44. The van der Waals surface area contributed by atoms with E-state index in [2.05, 4.69) is 46.5 Å². The van der Waals surface area contributed by atoms with Crippen LogP contribution in [0.25, 0.3) is 0 Å². The molecule has 2 rings (SSSR count). The highest BCUT2D eigenvalue weighted by atomic mass is 16.5. The Balaban J connectivity index is 1.48. The van der Waals surface area contributed by atoms with E-state index in [4.69, 9.17) is 38.3 Å². The molecule has 0 aromatic rings. The Morgan fingerprint density at radius 2 is 1.17 bits per heavy atom. The quantitative estimate of drug-likeness (QED) is 0.0835. The molecule has 10 nitrogen and oxygen atoms in total. The van der Waals surface area contributed by atoms with Gasteiger partial charge in [0, 0.05) is 25.7 Å². The summed E-state index contributed by atoms with van der Waals surface area (Å²) in [5.74, 6) is 0.534. The molecule has 1 atom stereocenters. The third-order valence-electron chi connectivity index (χ3n) is 7.38. The Morgan fingerprint density at radius 3 is 1.76 bits per heavy atom. The molecule has 0 saturated heterocycles. The van der Waals surface area contributed by atoms with Crippen molar-refractivity contribution in [3.05, 3.63) is 0 Å². The van der Waals surface area contributed by atoms with Gasteiger partial charge >= 0.3 is 15.6 Å². The van der Waals surface area contributed by atoms with E-state index in [9.17, 15) is 0 Å². The van der Waals surface area contributed by atoms with Crippen molar-refractivity contribution < 1.29 is 37.9 Å². The first-order valence-electron chi connectivity index (χ1n) is 16.3. The summed E-state index contributed by atoms with van der Waals surface area (Å²) >= 11 is 0. The van der Waals surface area contributed by atoms with E-state index in [1.807, 2.05) is 4.70 Å². The van der Waals surface area contributed by atoms with Crippen molar-refractivity contribution in [2.75, 3.05) is 106 Å². The van der Waals surface area contributed by atoms with Gasteiger partial charge in [0.25, 0.3) is 0 Å². The molecule has 0 radical (unpaired) electrons. The van der Waals surface area contributed by atoms with Gasteiger partial charge < -0.3 is 33.2 Å².